The molecule has 0 aromatic rings. The van der Waals surface area contributed by atoms with Crippen LogP contribution in [0, 0.1) is 0 Å². The summed E-state index contributed by atoms with van der Waals surface area (Å²) in [6, 6.07) is 0. The highest BCUT2D eigenvalue weighted by Gasteiger charge is 2.15. The molecule has 140 valence electrons. The maximum Gasteiger partial charge on any atom is 0.411 e. The van der Waals surface area contributed by atoms with E-state index >= 15 is 0 Å². The van der Waals surface area contributed by atoms with Gasteiger partial charge in [-0.15, -0.1) is 0 Å². The second-order valence-electron chi connectivity index (χ2n) is 7.07. The van der Waals surface area contributed by atoms with Gasteiger partial charge in [-0.25, -0.2) is 4.79 Å². The largest absolute Gasteiger partial charge is 0.444 e. The summed E-state index contributed by atoms with van der Waals surface area (Å²) in [5.41, 5.74) is 0.652. The van der Waals surface area contributed by atoms with Crippen LogP contribution in [0.1, 0.15) is 80.1 Å². The lowest BCUT2D eigenvalue weighted by molar-refractivity contribution is 0.0552. The molecular formula is C20H38N2O2. The van der Waals surface area contributed by atoms with Gasteiger partial charge in [0.1, 0.15) is 5.60 Å². The maximum atomic E-state index is 11.8. The molecule has 4 nitrogen and oxygen atoms in total. The number of amides is 1. The van der Waals surface area contributed by atoms with Crippen molar-refractivity contribution in [3.05, 3.63) is 24.0 Å². The van der Waals surface area contributed by atoms with Gasteiger partial charge in [0.05, 0.1) is 0 Å². The lowest BCUT2D eigenvalue weighted by Crippen LogP contribution is -2.29. The fourth-order valence-corrected chi connectivity index (χ4v) is 2.23. The minimum Gasteiger partial charge on any atom is -0.444 e. The van der Waals surface area contributed by atoms with Crippen LogP contribution in [0.15, 0.2) is 24.0 Å². The Balaban J connectivity index is 4.65. The molecule has 0 rings (SSSR count). The SMILES string of the molecule is CCCCCCCC(=C/NC(=O)OC(C)(C)C)/C=C/N(CC)CC. The fourth-order valence-electron chi connectivity index (χ4n) is 2.23. The molecule has 0 fully saturated rings. The van der Waals surface area contributed by atoms with Crippen molar-refractivity contribution in [2.24, 2.45) is 0 Å². The molecular weight excluding hydrogens is 300 g/mol. The first-order valence-electron chi connectivity index (χ1n) is 9.43. The lowest BCUT2D eigenvalue weighted by atomic mass is 10.1. The Morgan fingerprint density at radius 3 is 2.21 bits per heavy atom. The average molecular weight is 339 g/mol. The van der Waals surface area contributed by atoms with Crippen LogP contribution in [0.5, 0.6) is 0 Å². The predicted octanol–water partition coefficient (Wildman–Crippen LogP) is 5.61. The Kier molecular flexibility index (Phi) is 12.1. The molecule has 0 unspecified atom stereocenters. The molecule has 0 aliphatic heterocycles. The van der Waals surface area contributed by atoms with Gasteiger partial charge < -0.3 is 9.64 Å². The van der Waals surface area contributed by atoms with Crippen molar-refractivity contribution in [3.8, 4) is 0 Å². The van der Waals surface area contributed by atoms with Gasteiger partial charge in [-0.2, -0.15) is 0 Å². The number of allylic oxidation sites excluding steroid dienone is 2. The number of carbonyl (C=O) groups excluding carboxylic acids is 1. The molecule has 0 aromatic carbocycles. The van der Waals surface area contributed by atoms with E-state index in [4.69, 9.17) is 4.74 Å². The number of ether oxygens (including phenoxy) is 1. The minimum atomic E-state index is -0.477. The topological polar surface area (TPSA) is 41.6 Å². The molecule has 0 radical (unpaired) electrons. The maximum absolute atomic E-state index is 11.8. The molecule has 0 aromatic heterocycles. The van der Waals surface area contributed by atoms with Gasteiger partial charge >= 0.3 is 6.09 Å². The Morgan fingerprint density at radius 2 is 1.67 bits per heavy atom. The van der Waals surface area contributed by atoms with Crippen LogP contribution in [0.25, 0.3) is 0 Å². The first kappa shape index (κ1) is 22.6. The summed E-state index contributed by atoms with van der Waals surface area (Å²) in [5, 5.41) is 2.76. The molecule has 0 aliphatic carbocycles. The third-order valence-electron chi connectivity index (χ3n) is 3.66. The summed E-state index contributed by atoms with van der Waals surface area (Å²) in [6.07, 6.45) is 12.8. The Morgan fingerprint density at radius 1 is 1.04 bits per heavy atom. The monoisotopic (exact) mass is 338 g/mol. The third-order valence-corrected chi connectivity index (χ3v) is 3.66. The zero-order valence-corrected chi connectivity index (χ0v) is 16.7. The summed E-state index contributed by atoms with van der Waals surface area (Å²) < 4.78 is 5.28. The molecule has 0 aliphatic rings. The van der Waals surface area contributed by atoms with Crippen LogP contribution in [-0.2, 0) is 4.74 Å². The minimum absolute atomic E-state index is 0.401. The fraction of sp³-hybridized carbons (Fsp3) is 0.750. The molecule has 0 atom stereocenters. The quantitative estimate of drug-likeness (QED) is 0.393. The number of unbranched alkanes of at least 4 members (excludes halogenated alkanes) is 4. The van der Waals surface area contributed by atoms with Crippen molar-refractivity contribution in [3.63, 3.8) is 0 Å². The summed E-state index contributed by atoms with van der Waals surface area (Å²) in [7, 11) is 0. The Labute approximate surface area is 149 Å². The van der Waals surface area contributed by atoms with Crippen LogP contribution in [0.4, 0.5) is 4.79 Å². The lowest BCUT2D eigenvalue weighted by Gasteiger charge is -2.19. The second-order valence-corrected chi connectivity index (χ2v) is 7.07. The van der Waals surface area contributed by atoms with Gasteiger partial charge in [-0.1, -0.05) is 32.6 Å². The van der Waals surface area contributed by atoms with Gasteiger partial charge in [-0.05, 0) is 65.3 Å². The van der Waals surface area contributed by atoms with Crippen LogP contribution in [0.3, 0.4) is 0 Å². The first-order valence-corrected chi connectivity index (χ1v) is 9.43. The average Bonchev–Trinajstić information content (AvgIpc) is 2.50. The molecule has 1 amide bonds. The van der Waals surface area contributed by atoms with E-state index in [-0.39, 0.29) is 0 Å². The van der Waals surface area contributed by atoms with E-state index in [2.05, 4.69) is 43.3 Å². The van der Waals surface area contributed by atoms with Crippen LogP contribution in [-0.4, -0.2) is 29.7 Å². The first-order chi connectivity index (χ1) is 11.3. The van der Waals surface area contributed by atoms with E-state index < -0.39 is 11.7 Å². The van der Waals surface area contributed by atoms with E-state index in [1.165, 1.54) is 25.7 Å². The summed E-state index contributed by atoms with van der Waals surface area (Å²) in [5.74, 6) is 0. The highest BCUT2D eigenvalue weighted by molar-refractivity contribution is 5.69. The summed E-state index contributed by atoms with van der Waals surface area (Å²) >= 11 is 0. The standard InChI is InChI=1S/C20H38N2O2/c1-7-10-11-12-13-14-18(15-16-22(8-2)9-3)17-21-19(23)24-20(4,5)6/h15-17H,7-14H2,1-6H3,(H,21,23)/b16-15+,18-17-. The third kappa shape index (κ3) is 13.0. The van der Waals surface area contributed by atoms with E-state index in [0.29, 0.717) is 0 Å². The number of rotatable bonds is 11. The highest BCUT2D eigenvalue weighted by atomic mass is 16.6. The smallest absolute Gasteiger partial charge is 0.411 e. The normalized spacial score (nSPS) is 12.5. The van der Waals surface area contributed by atoms with Gasteiger partial charge in [0.2, 0.25) is 0 Å². The number of nitrogens with one attached hydrogen (secondary N) is 1. The molecule has 0 bridgehead atoms. The van der Waals surface area contributed by atoms with Crippen LogP contribution < -0.4 is 5.32 Å². The van der Waals surface area contributed by atoms with Gasteiger partial charge in [0.25, 0.3) is 0 Å². The number of hydrogen-bond donors (Lipinski definition) is 1. The van der Waals surface area contributed by atoms with Gasteiger partial charge in [0, 0.05) is 19.3 Å². The van der Waals surface area contributed by atoms with E-state index in [1.54, 1.807) is 6.20 Å². The van der Waals surface area contributed by atoms with Crippen molar-refractivity contribution in [2.45, 2.75) is 85.7 Å². The zero-order chi connectivity index (χ0) is 18.4. The van der Waals surface area contributed by atoms with E-state index in [0.717, 1.165) is 31.5 Å². The number of hydrogen-bond acceptors (Lipinski definition) is 3. The van der Waals surface area contributed by atoms with Crippen molar-refractivity contribution in [1.82, 2.24) is 10.2 Å². The van der Waals surface area contributed by atoms with Gasteiger partial charge in [-0.3, -0.25) is 5.32 Å². The molecule has 24 heavy (non-hydrogen) atoms. The van der Waals surface area contributed by atoms with Crippen molar-refractivity contribution >= 4 is 6.09 Å². The number of nitrogens with zero attached hydrogens (tertiary/aromatic N) is 1. The summed E-state index contributed by atoms with van der Waals surface area (Å²) in [6.45, 7) is 14.1. The Hall–Kier alpha value is -1.45. The molecule has 1 N–H and O–H groups in total. The Bertz CT molecular complexity index is 391. The van der Waals surface area contributed by atoms with E-state index in [1.807, 2.05) is 20.8 Å². The predicted molar refractivity (Wildman–Crippen MR) is 103 cm³/mol. The molecule has 0 spiro atoms. The van der Waals surface area contributed by atoms with Gasteiger partial charge in [0.15, 0.2) is 0 Å². The summed E-state index contributed by atoms with van der Waals surface area (Å²) in [4.78, 5) is 14.1. The van der Waals surface area contributed by atoms with Crippen LogP contribution in [0.2, 0.25) is 0 Å². The van der Waals surface area contributed by atoms with Crippen LogP contribution >= 0.6 is 0 Å². The molecule has 0 heterocycles. The zero-order valence-electron chi connectivity index (χ0n) is 16.7. The molecule has 4 heteroatoms. The molecule has 0 saturated heterocycles. The second kappa shape index (κ2) is 12.9. The molecule has 0 saturated carbocycles. The van der Waals surface area contributed by atoms with Crippen molar-refractivity contribution in [1.29, 1.82) is 0 Å². The highest BCUT2D eigenvalue weighted by Crippen LogP contribution is 2.13. The van der Waals surface area contributed by atoms with E-state index in [9.17, 15) is 4.79 Å². The number of carbonyl (C=O) groups is 1. The number of alkyl carbamates (subject to hydrolysis) is 1. The van der Waals surface area contributed by atoms with Crippen molar-refractivity contribution in [2.75, 3.05) is 13.1 Å². The van der Waals surface area contributed by atoms with Crippen molar-refractivity contribution < 1.29 is 9.53 Å².